The van der Waals surface area contributed by atoms with E-state index in [0.29, 0.717) is 30.1 Å². The number of aliphatic carboxylic acids is 1. The van der Waals surface area contributed by atoms with Crippen molar-refractivity contribution in [3.05, 3.63) is 12.2 Å². The molecule has 6 saturated carbocycles. The molecule has 6 fully saturated rings. The van der Waals surface area contributed by atoms with Gasteiger partial charge in [-0.1, -0.05) is 60.6 Å². The first kappa shape index (κ1) is 36.7. The average Bonchev–Trinajstić information content (AvgIpc) is 3.37. The first-order chi connectivity index (χ1) is 22.5. The summed E-state index contributed by atoms with van der Waals surface area (Å²) in [7, 11) is 0. The lowest BCUT2D eigenvalue weighted by atomic mass is 9.32. The smallest absolute Gasteiger partial charge is 0.407 e. The maximum Gasteiger partial charge on any atom is 0.407 e. The van der Waals surface area contributed by atoms with E-state index in [2.05, 4.69) is 53.4 Å². The van der Waals surface area contributed by atoms with E-state index in [-0.39, 0.29) is 51.6 Å². The standard InChI is InChI=1S/C42H67NO6/c1-24(2)25-15-20-42(34(45)46)22-21-40(11)26(32(25)42)13-14-29-39(10)18-17-31(38(8,9)28(39)16-19-41(29,40)12)48-33(44)27-23-30(37(27,6)7)43-35(47)49-36(3,4)5/h25-32H,1,13-23H2,2-12H3,(H,43,47)(H,45,46)/t25-,26?,27?,28-,29+,30?,31-,32?,39-,40+,41+,42-/m0/s1. The molecule has 0 saturated heterocycles. The van der Waals surface area contributed by atoms with E-state index < -0.39 is 28.5 Å². The minimum absolute atomic E-state index is 0.0959. The molecule has 12 atom stereocenters. The largest absolute Gasteiger partial charge is 0.481 e. The van der Waals surface area contributed by atoms with E-state index in [1.54, 1.807) is 0 Å². The highest BCUT2D eigenvalue weighted by atomic mass is 16.6. The van der Waals surface area contributed by atoms with Crippen LogP contribution in [0.15, 0.2) is 12.2 Å². The Bertz CT molecular complexity index is 1390. The lowest BCUT2D eigenvalue weighted by Gasteiger charge is -2.72. The summed E-state index contributed by atoms with van der Waals surface area (Å²) in [6, 6.07) is -0.134. The van der Waals surface area contributed by atoms with Crippen LogP contribution >= 0.6 is 0 Å². The Morgan fingerprint density at radius 3 is 2.06 bits per heavy atom. The third-order valence-corrected chi connectivity index (χ3v) is 16.9. The van der Waals surface area contributed by atoms with Crippen LogP contribution in [0, 0.1) is 68.0 Å². The average molecular weight is 682 g/mol. The second-order valence-corrected chi connectivity index (χ2v) is 20.7. The summed E-state index contributed by atoms with van der Waals surface area (Å²) < 4.78 is 12.0. The number of fused-ring (bicyclic) bond motifs is 7. The molecule has 49 heavy (non-hydrogen) atoms. The monoisotopic (exact) mass is 681 g/mol. The van der Waals surface area contributed by atoms with Gasteiger partial charge in [-0.25, -0.2) is 4.79 Å². The Balaban J connectivity index is 1.18. The molecule has 0 aromatic carbocycles. The van der Waals surface area contributed by atoms with Gasteiger partial charge in [-0.3, -0.25) is 9.59 Å². The maximum absolute atomic E-state index is 13.8. The molecule has 7 heteroatoms. The first-order valence-electron chi connectivity index (χ1n) is 19.5. The molecular formula is C42H67NO6. The topological polar surface area (TPSA) is 102 Å². The van der Waals surface area contributed by atoms with Gasteiger partial charge in [-0.05, 0) is 150 Å². The molecule has 4 unspecified atom stereocenters. The lowest BCUT2D eigenvalue weighted by molar-refractivity contribution is -0.251. The fraction of sp³-hybridized carbons (Fsp3) is 0.881. The molecule has 6 rings (SSSR count). The molecule has 2 N–H and O–H groups in total. The lowest BCUT2D eigenvalue weighted by Crippen LogP contribution is -2.67. The predicted molar refractivity (Wildman–Crippen MR) is 192 cm³/mol. The summed E-state index contributed by atoms with van der Waals surface area (Å²) >= 11 is 0. The van der Waals surface area contributed by atoms with E-state index in [1.807, 2.05) is 34.6 Å². The quantitative estimate of drug-likeness (QED) is 0.221. The van der Waals surface area contributed by atoms with Crippen LogP contribution in [0.5, 0.6) is 0 Å². The number of carboxylic acids is 1. The van der Waals surface area contributed by atoms with Gasteiger partial charge in [-0.2, -0.15) is 0 Å². The number of nitrogens with one attached hydrogen (secondary N) is 1. The number of ether oxygens (including phenoxy) is 2. The second kappa shape index (κ2) is 11.5. The second-order valence-electron chi connectivity index (χ2n) is 20.7. The first-order valence-corrected chi connectivity index (χ1v) is 19.5. The summed E-state index contributed by atoms with van der Waals surface area (Å²) in [4.78, 5) is 39.3. The number of rotatable bonds is 5. The summed E-state index contributed by atoms with van der Waals surface area (Å²) in [5, 5.41) is 13.7. The highest BCUT2D eigenvalue weighted by Gasteiger charge is 2.72. The van der Waals surface area contributed by atoms with Gasteiger partial charge in [0.1, 0.15) is 11.7 Å². The van der Waals surface area contributed by atoms with Gasteiger partial charge in [0, 0.05) is 11.5 Å². The van der Waals surface area contributed by atoms with Crippen LogP contribution in [0.1, 0.15) is 147 Å². The molecule has 0 aromatic rings. The van der Waals surface area contributed by atoms with Crippen molar-refractivity contribution in [3.8, 4) is 0 Å². The molecule has 0 heterocycles. The SMILES string of the molecule is C=C(C)[C@@H]1CC[C@]2(C(=O)O)CC[C@]3(C)C(CC[C@@H]4[C@@]5(C)CC[C@H](OC(=O)C6CC(NC(=O)OC(C)(C)C)C6(C)C)C(C)(C)[C@@H]5CC[C@]43C)C12. The molecule has 276 valence electrons. The number of carbonyl (C=O) groups is 3. The van der Waals surface area contributed by atoms with Gasteiger partial charge >= 0.3 is 18.0 Å². The van der Waals surface area contributed by atoms with Crippen LogP contribution in [0.4, 0.5) is 4.79 Å². The third kappa shape index (κ3) is 5.26. The minimum Gasteiger partial charge on any atom is -0.481 e. The number of carbonyl (C=O) groups excluding carboxylic acids is 2. The molecule has 0 bridgehead atoms. The van der Waals surface area contributed by atoms with Crippen molar-refractivity contribution in [2.75, 3.05) is 0 Å². The summed E-state index contributed by atoms with van der Waals surface area (Å²) in [6.45, 7) is 28.6. The molecule has 0 spiro atoms. The predicted octanol–water partition coefficient (Wildman–Crippen LogP) is 9.58. The van der Waals surface area contributed by atoms with E-state index in [4.69, 9.17) is 9.47 Å². The molecule has 6 aliphatic carbocycles. The van der Waals surface area contributed by atoms with Crippen molar-refractivity contribution in [2.24, 2.45) is 68.0 Å². The Hall–Kier alpha value is -2.05. The number of carboxylic acid groups (broad SMARTS) is 1. The van der Waals surface area contributed by atoms with Crippen LogP contribution in [0.3, 0.4) is 0 Å². The van der Waals surface area contributed by atoms with Crippen LogP contribution in [0.25, 0.3) is 0 Å². The van der Waals surface area contributed by atoms with Crippen molar-refractivity contribution in [1.29, 1.82) is 0 Å². The normalized spacial score (nSPS) is 46.4. The number of amides is 1. The number of allylic oxidation sites excluding steroid dienone is 1. The third-order valence-electron chi connectivity index (χ3n) is 16.9. The Labute approximate surface area is 296 Å². The molecule has 6 aliphatic rings. The van der Waals surface area contributed by atoms with Gasteiger partial charge in [-0.15, -0.1) is 0 Å². The highest BCUT2D eigenvalue weighted by molar-refractivity contribution is 5.77. The van der Waals surface area contributed by atoms with Crippen molar-refractivity contribution in [1.82, 2.24) is 5.32 Å². The molecule has 1 amide bonds. The van der Waals surface area contributed by atoms with Crippen LogP contribution in [0.2, 0.25) is 0 Å². The van der Waals surface area contributed by atoms with Crippen molar-refractivity contribution < 1.29 is 29.0 Å². The van der Waals surface area contributed by atoms with Crippen molar-refractivity contribution in [2.45, 2.75) is 165 Å². The van der Waals surface area contributed by atoms with Crippen LogP contribution in [-0.2, 0) is 19.1 Å². The molecule has 7 nitrogen and oxygen atoms in total. The zero-order valence-electron chi connectivity index (χ0n) is 32.6. The number of hydrogen-bond acceptors (Lipinski definition) is 5. The van der Waals surface area contributed by atoms with Gasteiger partial charge < -0.3 is 19.9 Å². The number of alkyl carbamates (subject to hydrolysis) is 1. The van der Waals surface area contributed by atoms with Crippen LogP contribution < -0.4 is 5.32 Å². The molecule has 0 aromatic heterocycles. The van der Waals surface area contributed by atoms with E-state index >= 15 is 0 Å². The Kier molecular flexibility index (Phi) is 8.60. The number of hydrogen-bond donors (Lipinski definition) is 2. The summed E-state index contributed by atoms with van der Waals surface area (Å²) in [6.07, 6.45) is 9.99. The molecule has 0 aliphatic heterocycles. The van der Waals surface area contributed by atoms with Gasteiger partial charge in [0.15, 0.2) is 0 Å². The van der Waals surface area contributed by atoms with Crippen LogP contribution in [-0.4, -0.2) is 40.9 Å². The zero-order chi connectivity index (χ0) is 36.3. The summed E-state index contributed by atoms with van der Waals surface area (Å²) in [5.74, 6) is 0.945. The van der Waals surface area contributed by atoms with E-state index in [1.165, 1.54) is 5.57 Å². The molecular weight excluding hydrogens is 614 g/mol. The fourth-order valence-corrected chi connectivity index (χ4v) is 13.9. The fourth-order valence-electron chi connectivity index (χ4n) is 13.9. The zero-order valence-corrected chi connectivity index (χ0v) is 32.6. The maximum atomic E-state index is 13.8. The van der Waals surface area contributed by atoms with Crippen molar-refractivity contribution in [3.63, 3.8) is 0 Å². The minimum atomic E-state index is -0.594. The van der Waals surface area contributed by atoms with Gasteiger partial charge in [0.05, 0.1) is 11.3 Å². The van der Waals surface area contributed by atoms with E-state index in [0.717, 1.165) is 64.2 Å². The summed E-state index contributed by atoms with van der Waals surface area (Å²) in [5.41, 5.74) is -0.196. The molecule has 0 radical (unpaired) electrons. The van der Waals surface area contributed by atoms with E-state index in [9.17, 15) is 19.5 Å². The van der Waals surface area contributed by atoms with Gasteiger partial charge in [0.2, 0.25) is 0 Å². The van der Waals surface area contributed by atoms with Crippen molar-refractivity contribution >= 4 is 18.0 Å². The Morgan fingerprint density at radius 2 is 1.47 bits per heavy atom. The highest BCUT2D eigenvalue weighted by Crippen LogP contribution is 2.77. The van der Waals surface area contributed by atoms with Gasteiger partial charge in [0.25, 0.3) is 0 Å². The number of esters is 1. The Morgan fingerprint density at radius 1 is 0.796 bits per heavy atom.